The Labute approximate surface area is 77.0 Å². The molecular formula is C8H16BrNO. The molecule has 11 heavy (non-hydrogen) atoms. The van der Waals surface area contributed by atoms with E-state index < -0.39 is 0 Å². The molecule has 1 rings (SSSR count). The highest BCUT2D eigenvalue weighted by Crippen LogP contribution is 2.11. The largest absolute Gasteiger partial charge is 0.376 e. The third-order valence-electron chi connectivity index (χ3n) is 2.01. The number of hydrogen-bond acceptors (Lipinski definition) is 2. The van der Waals surface area contributed by atoms with Crippen molar-refractivity contribution in [1.82, 2.24) is 4.90 Å². The Bertz CT molecular complexity index is 110. The van der Waals surface area contributed by atoms with Crippen LogP contribution in [0.1, 0.15) is 12.8 Å². The zero-order valence-electron chi connectivity index (χ0n) is 7.05. The molecular weight excluding hydrogens is 206 g/mol. The second-order valence-corrected chi connectivity index (χ2v) is 3.88. The van der Waals surface area contributed by atoms with Crippen molar-refractivity contribution in [2.24, 2.45) is 0 Å². The lowest BCUT2D eigenvalue weighted by atomic mass is 10.1. The average molecular weight is 222 g/mol. The van der Waals surface area contributed by atoms with Gasteiger partial charge in [0.25, 0.3) is 0 Å². The molecule has 0 aliphatic carbocycles. The molecule has 0 bridgehead atoms. The summed E-state index contributed by atoms with van der Waals surface area (Å²) >= 11 is 3.35. The van der Waals surface area contributed by atoms with Gasteiger partial charge < -0.3 is 9.64 Å². The first-order valence-corrected chi connectivity index (χ1v) is 5.31. The third-order valence-corrected chi connectivity index (χ3v) is 2.34. The first-order valence-electron chi connectivity index (χ1n) is 4.19. The topological polar surface area (TPSA) is 12.5 Å². The number of rotatable bonds is 3. The highest BCUT2D eigenvalue weighted by Gasteiger charge is 2.16. The Hall–Kier alpha value is 0.400. The fourth-order valence-corrected chi connectivity index (χ4v) is 1.65. The van der Waals surface area contributed by atoms with Crippen molar-refractivity contribution >= 4 is 15.9 Å². The maximum Gasteiger partial charge on any atom is 0.0702 e. The number of piperidine rings is 1. The van der Waals surface area contributed by atoms with Crippen LogP contribution in [0.4, 0.5) is 0 Å². The number of nitrogens with zero attached hydrogens (tertiary/aromatic N) is 1. The van der Waals surface area contributed by atoms with Crippen molar-refractivity contribution in [1.29, 1.82) is 0 Å². The lowest BCUT2D eigenvalue weighted by Crippen LogP contribution is -2.37. The van der Waals surface area contributed by atoms with Gasteiger partial charge in [-0.3, -0.25) is 0 Å². The SMILES string of the molecule is CN1CCCC(OCCBr)C1. The summed E-state index contributed by atoms with van der Waals surface area (Å²) in [7, 11) is 2.16. The molecule has 1 unspecified atom stereocenters. The summed E-state index contributed by atoms with van der Waals surface area (Å²) in [4.78, 5) is 2.34. The lowest BCUT2D eigenvalue weighted by molar-refractivity contribution is 0.0150. The monoisotopic (exact) mass is 221 g/mol. The molecule has 0 saturated carbocycles. The standard InChI is InChI=1S/C8H16BrNO/c1-10-5-2-3-8(7-10)11-6-4-9/h8H,2-7H2,1H3. The van der Waals surface area contributed by atoms with E-state index >= 15 is 0 Å². The third kappa shape index (κ3) is 3.54. The Morgan fingerprint density at radius 1 is 1.64 bits per heavy atom. The number of ether oxygens (including phenoxy) is 1. The molecule has 0 radical (unpaired) electrons. The van der Waals surface area contributed by atoms with Crippen molar-refractivity contribution in [2.45, 2.75) is 18.9 Å². The molecule has 1 heterocycles. The van der Waals surface area contributed by atoms with E-state index in [9.17, 15) is 0 Å². The second kappa shape index (κ2) is 5.12. The van der Waals surface area contributed by atoms with E-state index in [1.54, 1.807) is 0 Å². The summed E-state index contributed by atoms with van der Waals surface area (Å²) in [5.41, 5.74) is 0. The number of likely N-dealkylation sites (tertiary alicyclic amines) is 1. The average Bonchev–Trinajstić information content (AvgIpc) is 2.01. The second-order valence-electron chi connectivity index (χ2n) is 3.09. The minimum absolute atomic E-state index is 0.478. The summed E-state index contributed by atoms with van der Waals surface area (Å²) in [5.74, 6) is 0. The lowest BCUT2D eigenvalue weighted by Gasteiger charge is -2.29. The number of alkyl halides is 1. The summed E-state index contributed by atoms with van der Waals surface area (Å²) in [6.07, 6.45) is 2.99. The van der Waals surface area contributed by atoms with E-state index in [1.807, 2.05) is 0 Å². The van der Waals surface area contributed by atoms with E-state index in [-0.39, 0.29) is 0 Å². The first-order chi connectivity index (χ1) is 5.33. The molecule has 0 N–H and O–H groups in total. The van der Waals surface area contributed by atoms with Crippen LogP contribution in [0.3, 0.4) is 0 Å². The van der Waals surface area contributed by atoms with Crippen molar-refractivity contribution in [2.75, 3.05) is 32.1 Å². The predicted molar refractivity (Wildman–Crippen MR) is 50.3 cm³/mol. The van der Waals surface area contributed by atoms with Gasteiger partial charge in [0.1, 0.15) is 0 Å². The normalized spacial score (nSPS) is 27.3. The minimum Gasteiger partial charge on any atom is -0.376 e. The molecule has 1 saturated heterocycles. The van der Waals surface area contributed by atoms with E-state index in [4.69, 9.17) is 4.74 Å². The van der Waals surface area contributed by atoms with Crippen LogP contribution in [-0.4, -0.2) is 43.1 Å². The zero-order valence-corrected chi connectivity index (χ0v) is 8.64. The molecule has 0 aromatic heterocycles. The van der Waals surface area contributed by atoms with Gasteiger partial charge in [0.05, 0.1) is 12.7 Å². The van der Waals surface area contributed by atoms with Crippen LogP contribution in [0.2, 0.25) is 0 Å². The van der Waals surface area contributed by atoms with Crippen LogP contribution in [-0.2, 0) is 4.74 Å². The molecule has 0 spiro atoms. The fourth-order valence-electron chi connectivity index (χ4n) is 1.47. The minimum atomic E-state index is 0.478. The number of likely N-dealkylation sites (N-methyl/N-ethyl adjacent to an activating group) is 1. The number of halogens is 1. The van der Waals surface area contributed by atoms with Gasteiger partial charge in [-0.2, -0.15) is 0 Å². The van der Waals surface area contributed by atoms with Gasteiger partial charge in [-0.25, -0.2) is 0 Å². The molecule has 2 nitrogen and oxygen atoms in total. The smallest absolute Gasteiger partial charge is 0.0702 e. The van der Waals surface area contributed by atoms with Crippen LogP contribution in [0.15, 0.2) is 0 Å². The van der Waals surface area contributed by atoms with Crippen LogP contribution < -0.4 is 0 Å². The summed E-state index contributed by atoms with van der Waals surface area (Å²) in [6, 6.07) is 0. The Balaban J connectivity index is 2.12. The number of hydrogen-bond donors (Lipinski definition) is 0. The predicted octanol–water partition coefficient (Wildman–Crippen LogP) is 1.49. The van der Waals surface area contributed by atoms with Crippen LogP contribution in [0.5, 0.6) is 0 Å². The highest BCUT2D eigenvalue weighted by atomic mass is 79.9. The van der Waals surface area contributed by atoms with Crippen molar-refractivity contribution in [3.63, 3.8) is 0 Å². The highest BCUT2D eigenvalue weighted by molar-refractivity contribution is 9.09. The maximum atomic E-state index is 5.61. The Morgan fingerprint density at radius 3 is 3.09 bits per heavy atom. The van der Waals surface area contributed by atoms with Gasteiger partial charge in [0.2, 0.25) is 0 Å². The Morgan fingerprint density at radius 2 is 2.45 bits per heavy atom. The van der Waals surface area contributed by atoms with Crippen molar-refractivity contribution < 1.29 is 4.74 Å². The Kier molecular flexibility index (Phi) is 4.41. The molecule has 1 aliphatic heterocycles. The summed E-state index contributed by atoms with van der Waals surface area (Å²) < 4.78 is 5.61. The molecule has 1 aliphatic rings. The van der Waals surface area contributed by atoms with Crippen LogP contribution in [0.25, 0.3) is 0 Å². The molecule has 66 valence electrons. The van der Waals surface area contributed by atoms with E-state index in [2.05, 4.69) is 27.9 Å². The van der Waals surface area contributed by atoms with Gasteiger partial charge in [0.15, 0.2) is 0 Å². The van der Waals surface area contributed by atoms with E-state index in [0.717, 1.165) is 18.5 Å². The van der Waals surface area contributed by atoms with Gasteiger partial charge in [-0.1, -0.05) is 15.9 Å². The summed E-state index contributed by atoms with van der Waals surface area (Å²) in [6.45, 7) is 3.18. The van der Waals surface area contributed by atoms with Gasteiger partial charge in [0, 0.05) is 11.9 Å². The molecule has 0 aromatic rings. The maximum absolute atomic E-state index is 5.61. The van der Waals surface area contributed by atoms with Crippen LogP contribution >= 0.6 is 15.9 Å². The molecule has 1 atom stereocenters. The quantitative estimate of drug-likeness (QED) is 0.671. The van der Waals surface area contributed by atoms with Crippen molar-refractivity contribution in [3.8, 4) is 0 Å². The zero-order chi connectivity index (χ0) is 8.10. The summed E-state index contributed by atoms with van der Waals surface area (Å²) in [5, 5.41) is 0.952. The molecule has 1 fully saturated rings. The molecule has 3 heteroatoms. The van der Waals surface area contributed by atoms with Gasteiger partial charge in [-0.05, 0) is 26.4 Å². The fraction of sp³-hybridized carbons (Fsp3) is 1.00. The van der Waals surface area contributed by atoms with Gasteiger partial charge >= 0.3 is 0 Å². The van der Waals surface area contributed by atoms with E-state index in [0.29, 0.717) is 6.10 Å². The van der Waals surface area contributed by atoms with Gasteiger partial charge in [-0.15, -0.1) is 0 Å². The molecule has 0 amide bonds. The molecule has 0 aromatic carbocycles. The van der Waals surface area contributed by atoms with E-state index in [1.165, 1.54) is 19.4 Å². The van der Waals surface area contributed by atoms with Crippen molar-refractivity contribution in [3.05, 3.63) is 0 Å². The van der Waals surface area contributed by atoms with Crippen LogP contribution in [0, 0.1) is 0 Å². The first kappa shape index (κ1) is 9.49.